The zero-order valence-corrected chi connectivity index (χ0v) is 13.2. The van der Waals surface area contributed by atoms with Crippen molar-refractivity contribution in [1.29, 1.82) is 0 Å². The Morgan fingerprint density at radius 2 is 2.33 bits per heavy atom. The van der Waals surface area contributed by atoms with E-state index in [0.29, 0.717) is 16.5 Å². The second-order valence-electron chi connectivity index (χ2n) is 5.54. The van der Waals surface area contributed by atoms with Crippen molar-refractivity contribution in [3.8, 4) is 0 Å². The van der Waals surface area contributed by atoms with Crippen molar-refractivity contribution in [2.45, 2.75) is 43.9 Å². The molecule has 1 aliphatic rings. The average Bonchev–Trinajstić information content (AvgIpc) is 2.83. The molecule has 0 aromatic carbocycles. The van der Waals surface area contributed by atoms with Crippen LogP contribution in [-0.4, -0.2) is 38.1 Å². The summed E-state index contributed by atoms with van der Waals surface area (Å²) in [6, 6.07) is 2.08. The summed E-state index contributed by atoms with van der Waals surface area (Å²) in [6.45, 7) is 1.86. The number of aryl methyl sites for hydroxylation is 1. The van der Waals surface area contributed by atoms with Gasteiger partial charge in [0.2, 0.25) is 0 Å². The minimum Gasteiger partial charge on any atom is -0.349 e. The topological polar surface area (TPSA) is 59.3 Å². The molecule has 0 saturated heterocycles. The fraction of sp³-hybridized carbons (Fsp3) is 0.533. The molecule has 0 bridgehead atoms. The Bertz CT molecular complexity index is 654. The first-order valence-corrected chi connectivity index (χ1v) is 8.61. The summed E-state index contributed by atoms with van der Waals surface area (Å²) in [5.74, 6) is -0.0482. The van der Waals surface area contributed by atoms with Crippen LogP contribution in [0.15, 0.2) is 18.5 Å². The summed E-state index contributed by atoms with van der Waals surface area (Å²) in [6.07, 6.45) is 10.2. The summed E-state index contributed by atoms with van der Waals surface area (Å²) in [4.78, 5) is 16.9. The second-order valence-corrected chi connectivity index (χ2v) is 6.68. The largest absolute Gasteiger partial charge is 0.349 e. The maximum absolute atomic E-state index is 12.6. The summed E-state index contributed by atoms with van der Waals surface area (Å²) < 4.78 is 1.66. The number of carbonyl (C=O) groups is 1. The van der Waals surface area contributed by atoms with Crippen molar-refractivity contribution in [3.63, 3.8) is 0 Å². The summed E-state index contributed by atoms with van der Waals surface area (Å²) >= 11 is 1.90. The fourth-order valence-electron chi connectivity index (χ4n) is 3.01. The Hall–Kier alpha value is -1.56. The number of amides is 1. The number of rotatable bonds is 3. The zero-order valence-electron chi connectivity index (χ0n) is 12.4. The number of carbonyl (C=O) groups excluding carboxylic acids is 1. The van der Waals surface area contributed by atoms with Gasteiger partial charge < -0.3 is 5.32 Å². The van der Waals surface area contributed by atoms with E-state index in [4.69, 9.17) is 0 Å². The van der Waals surface area contributed by atoms with Crippen LogP contribution < -0.4 is 5.32 Å². The van der Waals surface area contributed by atoms with Crippen LogP contribution >= 0.6 is 11.8 Å². The van der Waals surface area contributed by atoms with Crippen molar-refractivity contribution in [1.82, 2.24) is 19.9 Å². The number of fused-ring (bicyclic) bond motifs is 1. The molecule has 21 heavy (non-hydrogen) atoms. The first-order valence-electron chi connectivity index (χ1n) is 7.32. The van der Waals surface area contributed by atoms with Gasteiger partial charge >= 0.3 is 0 Å². The van der Waals surface area contributed by atoms with E-state index in [-0.39, 0.29) is 11.9 Å². The Labute approximate surface area is 128 Å². The van der Waals surface area contributed by atoms with Gasteiger partial charge in [0.05, 0.1) is 5.69 Å². The highest BCUT2D eigenvalue weighted by molar-refractivity contribution is 7.99. The van der Waals surface area contributed by atoms with E-state index in [1.165, 1.54) is 12.8 Å². The smallest absolute Gasteiger partial charge is 0.257 e. The Morgan fingerprint density at radius 3 is 3.14 bits per heavy atom. The summed E-state index contributed by atoms with van der Waals surface area (Å²) in [7, 11) is 0. The first-order chi connectivity index (χ1) is 10.2. The van der Waals surface area contributed by atoms with E-state index >= 15 is 0 Å². The van der Waals surface area contributed by atoms with Gasteiger partial charge in [-0.15, -0.1) is 0 Å². The Kier molecular flexibility index (Phi) is 4.14. The maximum Gasteiger partial charge on any atom is 0.257 e. The third-order valence-electron chi connectivity index (χ3n) is 4.09. The van der Waals surface area contributed by atoms with Crippen LogP contribution in [0.1, 0.15) is 41.7 Å². The normalized spacial score (nSPS) is 22.4. The minimum atomic E-state index is -0.0482. The number of hydrogen-bond acceptors (Lipinski definition) is 4. The van der Waals surface area contributed by atoms with Crippen LogP contribution in [-0.2, 0) is 0 Å². The van der Waals surface area contributed by atoms with Crippen LogP contribution in [0.2, 0.25) is 0 Å². The molecule has 6 heteroatoms. The van der Waals surface area contributed by atoms with Crippen molar-refractivity contribution in [2.24, 2.45) is 0 Å². The van der Waals surface area contributed by atoms with Crippen molar-refractivity contribution in [3.05, 3.63) is 29.7 Å². The van der Waals surface area contributed by atoms with E-state index in [2.05, 4.69) is 21.7 Å². The maximum atomic E-state index is 12.6. The van der Waals surface area contributed by atoms with Gasteiger partial charge in [0, 0.05) is 23.7 Å². The van der Waals surface area contributed by atoms with Crippen molar-refractivity contribution in [2.75, 3.05) is 6.26 Å². The lowest BCUT2D eigenvalue weighted by Crippen LogP contribution is -2.39. The molecule has 0 unspecified atom stereocenters. The molecule has 1 fully saturated rings. The Morgan fingerprint density at radius 1 is 1.48 bits per heavy atom. The molecule has 1 saturated carbocycles. The molecule has 112 valence electrons. The molecule has 2 aromatic heterocycles. The number of hydrogen-bond donors (Lipinski definition) is 1. The lowest BCUT2D eigenvalue weighted by molar-refractivity contribution is 0.0929. The molecule has 2 atom stereocenters. The predicted molar refractivity (Wildman–Crippen MR) is 84.7 cm³/mol. The molecular formula is C15H20N4OS. The van der Waals surface area contributed by atoms with E-state index < -0.39 is 0 Å². The van der Waals surface area contributed by atoms with E-state index in [1.54, 1.807) is 10.7 Å². The number of nitrogens with zero attached hydrogens (tertiary/aromatic N) is 3. The highest BCUT2D eigenvalue weighted by Crippen LogP contribution is 2.27. The molecule has 1 N–H and O–H groups in total. The lowest BCUT2D eigenvalue weighted by atomic mass is 9.94. The van der Waals surface area contributed by atoms with Crippen molar-refractivity contribution >= 4 is 23.3 Å². The lowest BCUT2D eigenvalue weighted by Gasteiger charge is -2.28. The zero-order chi connectivity index (χ0) is 14.8. The van der Waals surface area contributed by atoms with Gasteiger partial charge in [0.25, 0.3) is 5.91 Å². The van der Waals surface area contributed by atoms with Gasteiger partial charge in [-0.05, 0) is 38.5 Å². The number of nitrogens with one attached hydrogen (secondary N) is 1. The molecule has 1 amide bonds. The van der Waals surface area contributed by atoms with Crippen molar-refractivity contribution < 1.29 is 4.79 Å². The number of thioether (sulfide) groups is 1. The molecule has 0 spiro atoms. The molecule has 3 rings (SSSR count). The quantitative estimate of drug-likeness (QED) is 0.946. The van der Waals surface area contributed by atoms with Crippen LogP contribution in [0.5, 0.6) is 0 Å². The minimum absolute atomic E-state index is 0.0482. The van der Waals surface area contributed by atoms with Crippen LogP contribution in [0, 0.1) is 6.92 Å². The third-order valence-corrected chi connectivity index (χ3v) is 5.19. The Balaban J connectivity index is 1.79. The third kappa shape index (κ3) is 2.90. The van der Waals surface area contributed by atoms with E-state index in [9.17, 15) is 4.79 Å². The van der Waals surface area contributed by atoms with Gasteiger partial charge in [0.1, 0.15) is 5.56 Å². The van der Waals surface area contributed by atoms with Gasteiger partial charge in [-0.2, -0.15) is 16.9 Å². The standard InChI is InChI=1S/C15H20N4OS/c1-10-13(14-16-7-4-8-19(14)18-10)15(20)17-11-5-3-6-12(9-11)21-2/h4,7-8,11-12H,3,5-6,9H2,1-2H3,(H,17,20)/t11-,12-/m1/s1. The van der Waals surface area contributed by atoms with Gasteiger partial charge in [0.15, 0.2) is 5.65 Å². The summed E-state index contributed by atoms with van der Waals surface area (Å²) in [5, 5.41) is 8.18. The van der Waals surface area contributed by atoms with E-state index in [0.717, 1.165) is 18.5 Å². The van der Waals surface area contributed by atoms with E-state index in [1.807, 2.05) is 30.9 Å². The molecule has 2 heterocycles. The SMILES string of the molecule is CS[C@@H]1CCC[C@@H](NC(=O)c2c(C)nn3cccnc23)C1. The molecule has 5 nitrogen and oxygen atoms in total. The van der Waals surface area contributed by atoms with Crippen LogP contribution in [0.25, 0.3) is 5.65 Å². The second kappa shape index (κ2) is 6.05. The highest BCUT2D eigenvalue weighted by Gasteiger charge is 2.25. The van der Waals surface area contributed by atoms with Crippen LogP contribution in [0.4, 0.5) is 0 Å². The van der Waals surface area contributed by atoms with Gasteiger partial charge in [-0.25, -0.2) is 9.50 Å². The number of aromatic nitrogens is 3. The monoisotopic (exact) mass is 304 g/mol. The molecule has 1 aliphatic carbocycles. The molecular weight excluding hydrogens is 284 g/mol. The molecule has 0 aliphatic heterocycles. The van der Waals surface area contributed by atoms with Crippen LogP contribution in [0.3, 0.4) is 0 Å². The van der Waals surface area contributed by atoms with Gasteiger partial charge in [-0.1, -0.05) is 6.42 Å². The average molecular weight is 304 g/mol. The summed E-state index contributed by atoms with van der Waals surface area (Å²) in [5.41, 5.74) is 1.95. The molecule has 2 aromatic rings. The fourth-order valence-corrected chi connectivity index (χ4v) is 3.84. The molecule has 0 radical (unpaired) electrons. The first kappa shape index (κ1) is 14.4. The predicted octanol–water partition coefficient (Wildman–Crippen LogP) is 2.44. The van der Waals surface area contributed by atoms with Gasteiger partial charge in [-0.3, -0.25) is 4.79 Å². The highest BCUT2D eigenvalue weighted by atomic mass is 32.2.